The van der Waals surface area contributed by atoms with E-state index in [1.807, 2.05) is 11.8 Å². The number of carbonyl (C=O) groups is 1. The molecule has 3 nitrogen and oxygen atoms in total. The van der Waals surface area contributed by atoms with Gasteiger partial charge in [0.2, 0.25) is 0 Å². The fourth-order valence-corrected chi connectivity index (χ4v) is 2.15. The molecule has 1 atom stereocenters. The van der Waals surface area contributed by atoms with Crippen LogP contribution < -0.4 is 0 Å². The summed E-state index contributed by atoms with van der Waals surface area (Å²) in [5.41, 5.74) is 2.02. The van der Waals surface area contributed by atoms with E-state index in [1.165, 1.54) is 12.1 Å². The number of hydrogen-bond donors (Lipinski definition) is 1. The first-order valence-corrected chi connectivity index (χ1v) is 5.29. The molecule has 4 heteroatoms. The molecule has 0 aliphatic carbocycles. The fourth-order valence-electron chi connectivity index (χ4n) is 2.15. The van der Waals surface area contributed by atoms with Crippen molar-refractivity contribution in [3.05, 3.63) is 35.1 Å². The molecule has 1 heterocycles. The molecule has 0 radical (unpaired) electrons. The molecular weight excluding hydrogens is 209 g/mol. The van der Waals surface area contributed by atoms with E-state index in [2.05, 4.69) is 0 Å². The molecule has 1 aromatic rings. The number of benzene rings is 1. The third-order valence-corrected chi connectivity index (χ3v) is 3.02. The molecule has 0 bridgehead atoms. The zero-order valence-corrected chi connectivity index (χ0v) is 9.11. The summed E-state index contributed by atoms with van der Waals surface area (Å²) in [4.78, 5) is 12.5. The maximum atomic E-state index is 13.0. The van der Waals surface area contributed by atoms with E-state index in [-0.39, 0.29) is 18.4 Å². The lowest BCUT2D eigenvalue weighted by Gasteiger charge is -2.33. The van der Waals surface area contributed by atoms with Crippen LogP contribution in [-0.2, 0) is 17.8 Å². The summed E-state index contributed by atoms with van der Waals surface area (Å²) >= 11 is 0. The van der Waals surface area contributed by atoms with Crippen molar-refractivity contribution >= 4 is 5.97 Å². The number of carboxylic acid groups (broad SMARTS) is 1. The van der Waals surface area contributed by atoms with Crippen molar-refractivity contribution in [3.63, 3.8) is 0 Å². The smallest absolute Gasteiger partial charge is 0.317 e. The van der Waals surface area contributed by atoms with Crippen molar-refractivity contribution < 1.29 is 14.3 Å². The van der Waals surface area contributed by atoms with Crippen LogP contribution in [0.25, 0.3) is 0 Å². The van der Waals surface area contributed by atoms with E-state index in [4.69, 9.17) is 5.11 Å². The normalized spacial score (nSPS) is 20.5. The van der Waals surface area contributed by atoms with Gasteiger partial charge in [0.05, 0.1) is 6.54 Å². The molecule has 1 aromatic carbocycles. The van der Waals surface area contributed by atoms with Crippen LogP contribution in [0.1, 0.15) is 18.1 Å². The molecule has 0 amide bonds. The lowest BCUT2D eigenvalue weighted by molar-refractivity contribution is -0.139. The number of hydrogen-bond acceptors (Lipinski definition) is 2. The lowest BCUT2D eigenvalue weighted by atomic mass is 9.95. The third-order valence-electron chi connectivity index (χ3n) is 3.02. The minimum Gasteiger partial charge on any atom is -0.480 e. The van der Waals surface area contributed by atoms with Crippen LogP contribution in [0.5, 0.6) is 0 Å². The molecular formula is C12H14FNO2. The van der Waals surface area contributed by atoms with E-state index in [1.54, 1.807) is 6.07 Å². The van der Waals surface area contributed by atoms with Gasteiger partial charge < -0.3 is 5.11 Å². The molecule has 2 rings (SSSR count). The molecule has 0 saturated carbocycles. The highest BCUT2D eigenvalue weighted by Crippen LogP contribution is 2.23. The van der Waals surface area contributed by atoms with Gasteiger partial charge in [-0.05, 0) is 36.6 Å². The Hall–Kier alpha value is -1.42. The van der Waals surface area contributed by atoms with Crippen LogP contribution in [0.3, 0.4) is 0 Å². The van der Waals surface area contributed by atoms with E-state index in [0.29, 0.717) is 6.54 Å². The SMILES string of the molecule is C[C@@H]1Cc2ccc(F)cc2CN1CC(=O)O. The Balaban J connectivity index is 2.22. The van der Waals surface area contributed by atoms with Crippen molar-refractivity contribution in [1.29, 1.82) is 0 Å². The Kier molecular flexibility index (Phi) is 2.92. The quantitative estimate of drug-likeness (QED) is 0.828. The summed E-state index contributed by atoms with van der Waals surface area (Å²) in [5, 5.41) is 8.77. The topological polar surface area (TPSA) is 40.5 Å². The average Bonchev–Trinajstić information content (AvgIpc) is 2.19. The van der Waals surface area contributed by atoms with E-state index in [9.17, 15) is 9.18 Å². The van der Waals surface area contributed by atoms with Crippen LogP contribution in [0.4, 0.5) is 4.39 Å². The molecule has 0 aromatic heterocycles. The summed E-state index contributed by atoms with van der Waals surface area (Å²) in [5.74, 6) is -1.10. The van der Waals surface area contributed by atoms with Crippen molar-refractivity contribution in [2.45, 2.75) is 25.9 Å². The van der Waals surface area contributed by atoms with Gasteiger partial charge in [-0.2, -0.15) is 0 Å². The van der Waals surface area contributed by atoms with Gasteiger partial charge >= 0.3 is 5.97 Å². The van der Waals surface area contributed by atoms with Crippen LogP contribution in [0, 0.1) is 5.82 Å². The molecule has 0 saturated heterocycles. The highest BCUT2D eigenvalue weighted by molar-refractivity contribution is 5.69. The van der Waals surface area contributed by atoms with Gasteiger partial charge in [-0.25, -0.2) is 4.39 Å². The standard InChI is InChI=1S/C12H14FNO2/c1-8-4-9-2-3-11(13)5-10(9)6-14(8)7-12(15)16/h2-3,5,8H,4,6-7H2,1H3,(H,15,16)/t8-/m1/s1. The van der Waals surface area contributed by atoms with Gasteiger partial charge in [0.15, 0.2) is 0 Å². The van der Waals surface area contributed by atoms with Crippen LogP contribution in [0.2, 0.25) is 0 Å². The van der Waals surface area contributed by atoms with Gasteiger partial charge in [-0.15, -0.1) is 0 Å². The Morgan fingerprint density at radius 3 is 3.00 bits per heavy atom. The lowest BCUT2D eigenvalue weighted by Crippen LogP contribution is -2.41. The predicted octanol–water partition coefficient (Wildman–Crippen LogP) is 1.66. The molecule has 0 spiro atoms. The van der Waals surface area contributed by atoms with E-state index < -0.39 is 5.97 Å². The zero-order valence-electron chi connectivity index (χ0n) is 9.11. The average molecular weight is 223 g/mol. The number of nitrogens with zero attached hydrogens (tertiary/aromatic N) is 1. The van der Waals surface area contributed by atoms with Crippen LogP contribution in [-0.4, -0.2) is 28.6 Å². The van der Waals surface area contributed by atoms with Crippen LogP contribution in [0.15, 0.2) is 18.2 Å². The first-order chi connectivity index (χ1) is 7.56. The maximum absolute atomic E-state index is 13.0. The maximum Gasteiger partial charge on any atom is 0.317 e. The van der Waals surface area contributed by atoms with E-state index in [0.717, 1.165) is 17.5 Å². The molecule has 1 aliphatic heterocycles. The summed E-state index contributed by atoms with van der Waals surface area (Å²) in [7, 11) is 0. The predicted molar refractivity (Wildman–Crippen MR) is 57.6 cm³/mol. The molecule has 16 heavy (non-hydrogen) atoms. The first kappa shape index (κ1) is 11.1. The third kappa shape index (κ3) is 2.22. The summed E-state index contributed by atoms with van der Waals surface area (Å²) in [6.07, 6.45) is 0.781. The molecule has 0 fully saturated rings. The summed E-state index contributed by atoms with van der Waals surface area (Å²) < 4.78 is 13.0. The zero-order chi connectivity index (χ0) is 11.7. The van der Waals surface area contributed by atoms with Gasteiger partial charge in [0.25, 0.3) is 0 Å². The second-order valence-electron chi connectivity index (χ2n) is 4.26. The van der Waals surface area contributed by atoms with Gasteiger partial charge in [0, 0.05) is 12.6 Å². The minimum absolute atomic E-state index is 0.0110. The second-order valence-corrected chi connectivity index (χ2v) is 4.26. The number of fused-ring (bicyclic) bond motifs is 1. The number of rotatable bonds is 2. The van der Waals surface area contributed by atoms with Crippen LogP contribution >= 0.6 is 0 Å². The molecule has 1 N–H and O–H groups in total. The fraction of sp³-hybridized carbons (Fsp3) is 0.417. The van der Waals surface area contributed by atoms with Crippen molar-refractivity contribution in [3.8, 4) is 0 Å². The number of carboxylic acids is 1. The summed E-state index contributed by atoms with van der Waals surface area (Å²) in [6, 6.07) is 4.93. The Morgan fingerprint density at radius 2 is 2.31 bits per heavy atom. The number of aliphatic carboxylic acids is 1. The van der Waals surface area contributed by atoms with Gasteiger partial charge in [-0.1, -0.05) is 6.07 Å². The highest BCUT2D eigenvalue weighted by Gasteiger charge is 2.24. The first-order valence-electron chi connectivity index (χ1n) is 5.29. The Morgan fingerprint density at radius 1 is 1.56 bits per heavy atom. The molecule has 1 aliphatic rings. The van der Waals surface area contributed by atoms with Crippen molar-refractivity contribution in [2.75, 3.05) is 6.54 Å². The Bertz CT molecular complexity index is 419. The van der Waals surface area contributed by atoms with Gasteiger partial charge in [-0.3, -0.25) is 9.69 Å². The van der Waals surface area contributed by atoms with Crippen molar-refractivity contribution in [2.24, 2.45) is 0 Å². The minimum atomic E-state index is -0.841. The largest absolute Gasteiger partial charge is 0.480 e. The monoisotopic (exact) mass is 223 g/mol. The van der Waals surface area contributed by atoms with Gasteiger partial charge in [0.1, 0.15) is 5.82 Å². The summed E-state index contributed by atoms with van der Waals surface area (Å²) in [6.45, 7) is 2.52. The molecule has 86 valence electrons. The number of halogens is 1. The molecule has 0 unspecified atom stereocenters. The van der Waals surface area contributed by atoms with E-state index >= 15 is 0 Å². The highest BCUT2D eigenvalue weighted by atomic mass is 19.1. The van der Waals surface area contributed by atoms with Crippen molar-refractivity contribution in [1.82, 2.24) is 4.90 Å². The Labute approximate surface area is 93.5 Å². The second kappa shape index (κ2) is 4.22.